The number of fused-ring (bicyclic) bond motifs is 2. The number of amides is 1. The molecule has 0 bridgehead atoms. The van der Waals surface area contributed by atoms with Gasteiger partial charge in [-0.15, -0.1) is 0 Å². The van der Waals surface area contributed by atoms with E-state index in [2.05, 4.69) is 6.92 Å². The predicted molar refractivity (Wildman–Crippen MR) is 158 cm³/mol. The molecule has 1 atom stereocenters. The lowest BCUT2D eigenvalue weighted by Crippen LogP contribution is -2.29. The average Bonchev–Trinajstić information content (AvgIpc) is 3.51. The van der Waals surface area contributed by atoms with Crippen molar-refractivity contribution in [3.8, 4) is 17.2 Å². The van der Waals surface area contributed by atoms with Crippen LogP contribution in [0.15, 0.2) is 60.2 Å². The number of ether oxygens (including phenoxy) is 3. The van der Waals surface area contributed by atoms with E-state index in [0.717, 1.165) is 34.2 Å². The van der Waals surface area contributed by atoms with Crippen LogP contribution in [0.1, 0.15) is 48.1 Å². The van der Waals surface area contributed by atoms with Crippen molar-refractivity contribution < 1.29 is 28.9 Å². The number of hydrogen-bond acceptors (Lipinski definition) is 8. The Labute approximate surface area is 241 Å². The second kappa shape index (κ2) is 10.9. The van der Waals surface area contributed by atoms with Crippen LogP contribution in [-0.2, 0) is 9.59 Å². The molecular formula is C32H30N2O6S. The first-order valence-electron chi connectivity index (χ1n) is 13.7. The molecule has 6 rings (SSSR count). The second-order valence-electron chi connectivity index (χ2n) is 10.2. The van der Waals surface area contributed by atoms with E-state index in [0.29, 0.717) is 53.3 Å². The maximum absolute atomic E-state index is 13.7. The third-order valence-electron chi connectivity index (χ3n) is 7.23. The van der Waals surface area contributed by atoms with E-state index in [1.165, 1.54) is 16.2 Å². The molecule has 1 N–H and O–H groups in total. The van der Waals surface area contributed by atoms with Crippen molar-refractivity contribution in [1.29, 1.82) is 0 Å². The molecule has 3 heterocycles. The van der Waals surface area contributed by atoms with Gasteiger partial charge in [0.15, 0.2) is 16.6 Å². The summed E-state index contributed by atoms with van der Waals surface area (Å²) in [5.74, 6) is -0.183. The van der Waals surface area contributed by atoms with Crippen molar-refractivity contribution in [3.63, 3.8) is 0 Å². The number of benzene rings is 3. The highest BCUT2D eigenvalue weighted by Gasteiger charge is 2.48. The van der Waals surface area contributed by atoms with Crippen molar-refractivity contribution >= 4 is 44.1 Å². The SMILES string of the molecule is CCCCOc1cccc(C2/C(=C(\O)c3ccc4c(c3)OCCO4)C(=O)C(=O)N2c2nc3c(C)cc(C)cc3s2)c1. The number of aliphatic hydroxyl groups is 1. The van der Waals surface area contributed by atoms with Gasteiger partial charge < -0.3 is 19.3 Å². The van der Waals surface area contributed by atoms with E-state index in [1.807, 2.05) is 50.2 Å². The Kier molecular flexibility index (Phi) is 7.13. The maximum Gasteiger partial charge on any atom is 0.301 e. The minimum atomic E-state index is -0.917. The smallest absolute Gasteiger partial charge is 0.301 e. The fraction of sp³-hybridized carbons (Fsp3) is 0.281. The zero-order valence-electron chi connectivity index (χ0n) is 23.1. The summed E-state index contributed by atoms with van der Waals surface area (Å²) >= 11 is 1.35. The number of carbonyl (C=O) groups excluding carboxylic acids is 2. The van der Waals surface area contributed by atoms with Crippen LogP contribution in [0.4, 0.5) is 5.13 Å². The zero-order valence-corrected chi connectivity index (χ0v) is 23.9. The van der Waals surface area contributed by atoms with E-state index in [9.17, 15) is 14.7 Å². The van der Waals surface area contributed by atoms with Gasteiger partial charge in [0.05, 0.1) is 28.4 Å². The molecular weight excluding hydrogens is 540 g/mol. The van der Waals surface area contributed by atoms with Gasteiger partial charge in [-0.1, -0.05) is 42.9 Å². The number of unbranched alkanes of at least 4 members (excludes halogenated alkanes) is 1. The molecule has 0 radical (unpaired) electrons. The normalized spacial score (nSPS) is 17.8. The summed E-state index contributed by atoms with van der Waals surface area (Å²) in [6.45, 7) is 7.43. The summed E-state index contributed by atoms with van der Waals surface area (Å²) in [5.41, 5.74) is 3.80. The van der Waals surface area contributed by atoms with E-state index in [1.54, 1.807) is 18.2 Å². The lowest BCUT2D eigenvalue weighted by atomic mass is 9.95. The van der Waals surface area contributed by atoms with Gasteiger partial charge >= 0.3 is 5.91 Å². The topological polar surface area (TPSA) is 98.2 Å². The van der Waals surface area contributed by atoms with Gasteiger partial charge in [-0.2, -0.15) is 0 Å². The predicted octanol–water partition coefficient (Wildman–Crippen LogP) is 6.49. The largest absolute Gasteiger partial charge is 0.507 e. The van der Waals surface area contributed by atoms with Crippen LogP contribution < -0.4 is 19.1 Å². The molecule has 0 aliphatic carbocycles. The van der Waals surface area contributed by atoms with Crippen LogP contribution >= 0.6 is 11.3 Å². The molecule has 41 heavy (non-hydrogen) atoms. The highest BCUT2D eigenvalue weighted by atomic mass is 32.1. The second-order valence-corrected chi connectivity index (χ2v) is 11.2. The zero-order chi connectivity index (χ0) is 28.7. The molecule has 1 aromatic heterocycles. The number of rotatable bonds is 7. The van der Waals surface area contributed by atoms with Crippen molar-refractivity contribution in [1.82, 2.24) is 4.98 Å². The summed E-state index contributed by atoms with van der Waals surface area (Å²) in [6, 6.07) is 15.4. The van der Waals surface area contributed by atoms with Gasteiger partial charge in [0, 0.05) is 5.56 Å². The van der Waals surface area contributed by atoms with Crippen LogP contribution in [0.3, 0.4) is 0 Å². The Hall–Kier alpha value is -4.37. The Bertz CT molecular complexity index is 1710. The number of carbonyl (C=O) groups is 2. The number of nitrogens with zero attached hydrogens (tertiary/aromatic N) is 2. The Morgan fingerprint density at radius 3 is 2.68 bits per heavy atom. The number of aliphatic hydroxyl groups excluding tert-OH is 1. The molecule has 1 amide bonds. The molecule has 1 unspecified atom stereocenters. The minimum Gasteiger partial charge on any atom is -0.507 e. The maximum atomic E-state index is 13.7. The van der Waals surface area contributed by atoms with Crippen LogP contribution in [0, 0.1) is 13.8 Å². The molecule has 0 spiro atoms. The molecule has 1 fully saturated rings. The number of aromatic nitrogens is 1. The van der Waals surface area contributed by atoms with Gasteiger partial charge in [0.2, 0.25) is 0 Å². The molecule has 2 aliphatic rings. The Morgan fingerprint density at radius 2 is 1.88 bits per heavy atom. The number of thiazole rings is 1. The summed E-state index contributed by atoms with van der Waals surface area (Å²) < 4.78 is 18.2. The van der Waals surface area contributed by atoms with Crippen LogP contribution in [-0.4, -0.2) is 41.6 Å². The summed E-state index contributed by atoms with van der Waals surface area (Å²) in [6.07, 6.45) is 1.89. The van der Waals surface area contributed by atoms with E-state index < -0.39 is 17.7 Å². The number of aryl methyl sites for hydroxylation is 2. The van der Waals surface area contributed by atoms with Crippen molar-refractivity contribution in [2.75, 3.05) is 24.7 Å². The third-order valence-corrected chi connectivity index (χ3v) is 8.23. The molecule has 4 aromatic rings. The fourth-order valence-electron chi connectivity index (χ4n) is 5.26. The molecule has 3 aromatic carbocycles. The minimum absolute atomic E-state index is 0.0236. The molecule has 2 aliphatic heterocycles. The first-order chi connectivity index (χ1) is 19.9. The quantitative estimate of drug-likeness (QED) is 0.117. The summed E-state index contributed by atoms with van der Waals surface area (Å²) in [7, 11) is 0. The lowest BCUT2D eigenvalue weighted by Gasteiger charge is -2.24. The van der Waals surface area contributed by atoms with Crippen LogP contribution in [0.25, 0.3) is 16.0 Å². The van der Waals surface area contributed by atoms with Crippen LogP contribution in [0.2, 0.25) is 0 Å². The highest BCUT2D eigenvalue weighted by molar-refractivity contribution is 7.22. The monoisotopic (exact) mass is 570 g/mol. The van der Waals surface area contributed by atoms with E-state index >= 15 is 0 Å². The Morgan fingerprint density at radius 1 is 1.07 bits per heavy atom. The molecule has 9 heteroatoms. The summed E-state index contributed by atoms with van der Waals surface area (Å²) in [5, 5.41) is 12.0. The number of anilines is 1. The first-order valence-corrected chi connectivity index (χ1v) is 14.5. The van der Waals surface area contributed by atoms with Gasteiger partial charge in [-0.3, -0.25) is 14.5 Å². The van der Waals surface area contributed by atoms with E-state index in [-0.39, 0.29) is 11.3 Å². The molecule has 0 saturated carbocycles. The van der Waals surface area contributed by atoms with Gasteiger partial charge in [-0.05, 0) is 73.4 Å². The standard InChI is InChI=1S/C32H30N2O6S/c1-4-5-11-38-22-8-6-7-20(16-22)28-26(29(35)21-9-10-23-24(17-21)40-13-12-39-23)30(36)31(37)34(28)32-33-27-19(3)14-18(2)15-25(27)41-32/h6-10,14-17,28,35H,4-5,11-13H2,1-3H3/b29-26+. The van der Waals surface area contributed by atoms with Gasteiger partial charge in [0.25, 0.3) is 5.78 Å². The van der Waals surface area contributed by atoms with Crippen molar-refractivity contribution in [3.05, 3.63) is 82.4 Å². The highest BCUT2D eigenvalue weighted by Crippen LogP contribution is 2.46. The summed E-state index contributed by atoms with van der Waals surface area (Å²) in [4.78, 5) is 33.6. The van der Waals surface area contributed by atoms with Gasteiger partial charge in [0.1, 0.15) is 24.7 Å². The first kappa shape index (κ1) is 26.8. The fourth-order valence-corrected chi connectivity index (χ4v) is 6.43. The lowest BCUT2D eigenvalue weighted by molar-refractivity contribution is -0.132. The number of Topliss-reactive ketones (excluding diaryl/α,β-unsaturated/α-hetero) is 1. The van der Waals surface area contributed by atoms with E-state index in [4.69, 9.17) is 19.2 Å². The van der Waals surface area contributed by atoms with Crippen LogP contribution in [0.5, 0.6) is 17.2 Å². The molecule has 1 saturated heterocycles. The van der Waals surface area contributed by atoms with Crippen molar-refractivity contribution in [2.24, 2.45) is 0 Å². The van der Waals surface area contributed by atoms with Gasteiger partial charge in [-0.25, -0.2) is 4.98 Å². The molecule has 210 valence electrons. The molecule has 8 nitrogen and oxygen atoms in total. The third kappa shape index (κ3) is 4.91. The van der Waals surface area contributed by atoms with Crippen molar-refractivity contribution in [2.45, 2.75) is 39.7 Å². The number of hydrogen-bond donors (Lipinski definition) is 1. The Balaban J connectivity index is 1.51. The average molecular weight is 571 g/mol. The number of ketones is 1.